The Morgan fingerprint density at radius 3 is 2.27 bits per heavy atom. The van der Waals surface area contributed by atoms with Gasteiger partial charge < -0.3 is 14.9 Å². The largest absolute Gasteiger partial charge is 0.488 e. The molecule has 1 aromatic carbocycles. The van der Waals surface area contributed by atoms with Crippen molar-refractivity contribution in [3.63, 3.8) is 0 Å². The maximum Gasteiger partial charge on any atom is 0.488 e. The molecule has 80 valence electrons. The van der Waals surface area contributed by atoms with E-state index in [1.54, 1.807) is 0 Å². The molecule has 1 aromatic rings. The second-order valence-electron chi connectivity index (χ2n) is 2.57. The molecule has 1 saturated heterocycles. The summed E-state index contributed by atoms with van der Waals surface area (Å²) in [4.78, 5) is -0.282. The summed E-state index contributed by atoms with van der Waals surface area (Å²) in [6, 6.07) is -4.54. The van der Waals surface area contributed by atoms with Gasteiger partial charge in [-0.25, -0.2) is 0 Å². The molecule has 0 amide bonds. The van der Waals surface area contributed by atoms with E-state index in [-0.39, 0.29) is 4.90 Å². The van der Waals surface area contributed by atoms with E-state index in [0.29, 0.717) is 0 Å². The Bertz CT molecular complexity index is 797. The van der Waals surface area contributed by atoms with Crippen molar-refractivity contribution < 1.29 is 29.2 Å². The molecular formula is C11H16BNO2. The van der Waals surface area contributed by atoms with E-state index in [1.807, 2.05) is 0 Å². The molecule has 0 aliphatic carbocycles. The molecule has 1 fully saturated rings. The third kappa shape index (κ3) is 2.52. The van der Waals surface area contributed by atoms with Crippen molar-refractivity contribution in [1.82, 2.24) is 0 Å². The van der Waals surface area contributed by atoms with Crippen molar-refractivity contribution in [3.8, 4) is 0 Å². The monoisotopic (exact) mass is 219 g/mol. The lowest BCUT2D eigenvalue weighted by Gasteiger charge is -2.28. The first-order chi connectivity index (χ1) is 12.7. The number of rotatable bonds is 2. The van der Waals surface area contributed by atoms with Crippen LogP contribution in [0.2, 0.25) is 0 Å². The molecule has 0 atom stereocenters. The van der Waals surface area contributed by atoms with E-state index in [1.165, 1.54) is 0 Å². The van der Waals surface area contributed by atoms with Crippen LogP contribution in [0.25, 0.3) is 0 Å². The lowest BCUT2D eigenvalue weighted by atomic mass is 9.80. The molecule has 15 heavy (non-hydrogen) atoms. The minimum absolute atomic E-state index is 0.282. The predicted octanol–water partition coefficient (Wildman–Crippen LogP) is 0.357. The van der Waals surface area contributed by atoms with E-state index in [9.17, 15) is 10.0 Å². The highest BCUT2D eigenvalue weighted by molar-refractivity contribution is 6.58. The minimum Gasteiger partial charge on any atom is -0.423 e. The molecule has 3 nitrogen and oxygen atoms in total. The maximum absolute atomic E-state index is 9.29. The summed E-state index contributed by atoms with van der Waals surface area (Å²) in [6.07, 6.45) is -11.1. The third-order valence-corrected chi connectivity index (χ3v) is 1.57. The average molecular weight is 219 g/mol. The SMILES string of the molecule is [2H]c1c([2H])c(N2C([2H])([2H])C([2H])([2H])C([2H])([2H])C([2H])([2H])C2([2H])[2H])c([2H])c([2H])c1B(O)O. The van der Waals surface area contributed by atoms with E-state index in [2.05, 4.69) is 0 Å². The predicted molar refractivity (Wildman–Crippen MR) is 62.3 cm³/mol. The van der Waals surface area contributed by atoms with Gasteiger partial charge in [0.2, 0.25) is 0 Å². The van der Waals surface area contributed by atoms with Crippen LogP contribution in [-0.2, 0) is 0 Å². The molecule has 4 heteroatoms. The van der Waals surface area contributed by atoms with Crippen molar-refractivity contribution >= 4 is 18.3 Å². The zero-order valence-electron chi connectivity index (χ0n) is 21.4. The van der Waals surface area contributed by atoms with Crippen LogP contribution in [0, 0.1) is 0 Å². The number of nitrogens with zero attached hydrogens (tertiary/aromatic N) is 1. The van der Waals surface area contributed by atoms with Gasteiger partial charge in [-0.05, 0) is 36.7 Å². The fraction of sp³-hybridized carbons (Fsp3) is 0.455. The normalized spacial score (nSPS) is 46.9. The molecular weight excluding hydrogens is 189 g/mol. The first kappa shape index (κ1) is 2.82. The fourth-order valence-electron chi connectivity index (χ4n) is 0.895. The molecule has 1 heterocycles. The quantitative estimate of drug-likeness (QED) is 0.706. The van der Waals surface area contributed by atoms with Gasteiger partial charge in [0.05, 0.1) is 5.48 Å². The average Bonchev–Trinajstić information content (AvgIpc) is 2.54. The molecule has 0 saturated carbocycles. The Labute approximate surface area is 110 Å². The van der Waals surface area contributed by atoms with Gasteiger partial charge in [0, 0.05) is 32.4 Å². The molecule has 0 bridgehead atoms. The maximum atomic E-state index is 9.29. The van der Waals surface area contributed by atoms with Crippen LogP contribution in [0.5, 0.6) is 0 Å². The van der Waals surface area contributed by atoms with E-state index in [4.69, 9.17) is 19.2 Å². The highest BCUT2D eigenvalue weighted by Gasteiger charge is 2.13. The summed E-state index contributed by atoms with van der Waals surface area (Å²) in [5, 5.41) is 18.6. The number of hydrogen-bond donors (Lipinski definition) is 2. The van der Waals surface area contributed by atoms with Gasteiger partial charge in [0.1, 0.15) is 0 Å². The summed E-state index contributed by atoms with van der Waals surface area (Å²) in [7, 11) is -2.46. The Hall–Kier alpha value is -0.995. The van der Waals surface area contributed by atoms with Crippen molar-refractivity contribution in [2.45, 2.75) is 19.1 Å². The Morgan fingerprint density at radius 1 is 1.13 bits per heavy atom. The molecule has 2 rings (SSSR count). The fourth-order valence-corrected chi connectivity index (χ4v) is 0.895. The van der Waals surface area contributed by atoms with Gasteiger partial charge in [0.25, 0.3) is 0 Å². The molecule has 1 aliphatic rings. The third-order valence-electron chi connectivity index (χ3n) is 1.57. The molecule has 0 unspecified atom stereocenters. The number of hydrogen-bond acceptors (Lipinski definition) is 3. The van der Waals surface area contributed by atoms with Crippen LogP contribution in [0.1, 0.15) is 38.3 Å². The van der Waals surface area contributed by atoms with Crippen LogP contribution in [-0.4, -0.2) is 30.2 Å². The van der Waals surface area contributed by atoms with Gasteiger partial charge in [-0.2, -0.15) is 0 Å². The summed E-state index contributed by atoms with van der Waals surface area (Å²) in [5.41, 5.74) is -2.09. The minimum atomic E-state index is -3.71. The van der Waals surface area contributed by atoms with Crippen LogP contribution < -0.4 is 10.4 Å². The highest BCUT2D eigenvalue weighted by atomic mass is 16.4. The Kier molecular flexibility index (Phi) is 0.879. The zero-order valence-corrected chi connectivity index (χ0v) is 7.42. The molecule has 2 N–H and O–H groups in total. The number of piperidine rings is 1. The smallest absolute Gasteiger partial charge is 0.423 e. The topological polar surface area (TPSA) is 43.7 Å². The van der Waals surface area contributed by atoms with Crippen LogP contribution in [0.3, 0.4) is 0 Å². The van der Waals surface area contributed by atoms with Crippen molar-refractivity contribution in [1.29, 1.82) is 0 Å². The molecule has 0 radical (unpaired) electrons. The summed E-state index contributed by atoms with van der Waals surface area (Å²) >= 11 is 0. The molecule has 1 aliphatic heterocycles. The van der Waals surface area contributed by atoms with Crippen LogP contribution in [0.4, 0.5) is 5.69 Å². The Balaban J connectivity index is 3.01. The van der Waals surface area contributed by atoms with Gasteiger partial charge in [-0.15, -0.1) is 0 Å². The first-order valence-corrected chi connectivity index (χ1v) is 3.98. The highest BCUT2D eigenvalue weighted by Crippen LogP contribution is 2.18. The number of anilines is 1. The van der Waals surface area contributed by atoms with Crippen molar-refractivity contribution in [2.75, 3.05) is 17.9 Å². The standard InChI is InChI=1S/C11H16BNO2/c14-12(15)10-4-6-11(7-5-10)13-8-2-1-3-9-13/h4-7,14-15H,1-3,8-9H2/i1D2,2D2,3D2,4D,5D,6D,7D,8D2,9D2. The van der Waals surface area contributed by atoms with Crippen LogP contribution >= 0.6 is 0 Å². The summed E-state index contributed by atoms with van der Waals surface area (Å²) in [5.74, 6) is 0. The van der Waals surface area contributed by atoms with Gasteiger partial charge in [-0.3, -0.25) is 0 Å². The van der Waals surface area contributed by atoms with Crippen molar-refractivity contribution in [3.05, 3.63) is 24.2 Å². The second kappa shape index (κ2) is 4.68. The lowest BCUT2D eigenvalue weighted by Crippen LogP contribution is -2.32. The van der Waals surface area contributed by atoms with E-state index < -0.39 is 74.6 Å². The summed E-state index contributed by atoms with van der Waals surface area (Å²) in [6.45, 7) is -7.37. The molecule has 0 spiro atoms. The van der Waals surface area contributed by atoms with Gasteiger partial charge in [0.15, 0.2) is 0 Å². The van der Waals surface area contributed by atoms with Gasteiger partial charge in [-0.1, -0.05) is 12.1 Å². The zero-order chi connectivity index (χ0) is 23.1. The Morgan fingerprint density at radius 2 is 1.73 bits per heavy atom. The number of benzene rings is 1. The lowest BCUT2D eigenvalue weighted by molar-refractivity contribution is 0.426. The van der Waals surface area contributed by atoms with Gasteiger partial charge >= 0.3 is 7.12 Å². The van der Waals surface area contributed by atoms with Crippen molar-refractivity contribution in [2.24, 2.45) is 0 Å². The van der Waals surface area contributed by atoms with Crippen LogP contribution in [0.15, 0.2) is 24.2 Å². The van der Waals surface area contributed by atoms with E-state index in [0.717, 1.165) is 0 Å². The first-order valence-electron chi connectivity index (χ1n) is 11.0. The summed E-state index contributed by atoms with van der Waals surface area (Å²) < 4.78 is 111. The van der Waals surface area contributed by atoms with E-state index >= 15 is 0 Å². The second-order valence-corrected chi connectivity index (χ2v) is 2.57. The molecule has 0 aromatic heterocycles.